The number of anilines is 1. The van der Waals surface area contributed by atoms with Gasteiger partial charge in [0.15, 0.2) is 0 Å². The zero-order valence-electron chi connectivity index (χ0n) is 11.1. The smallest absolute Gasteiger partial charge is 0.141 e. The molecule has 100 valence electrons. The molecule has 0 radical (unpaired) electrons. The van der Waals surface area contributed by atoms with E-state index in [0.29, 0.717) is 5.56 Å². The van der Waals surface area contributed by atoms with Crippen molar-refractivity contribution in [3.05, 3.63) is 36.4 Å². The molecule has 0 fully saturated rings. The average molecular weight is 259 g/mol. The topological polar surface area (TPSA) is 66.5 Å². The molecule has 0 aliphatic rings. The van der Waals surface area contributed by atoms with Crippen LogP contribution in [0.25, 0.3) is 0 Å². The van der Waals surface area contributed by atoms with E-state index in [9.17, 15) is 5.11 Å². The number of hydrogen-bond donors (Lipinski definition) is 1. The number of rotatable bonds is 5. The molecule has 1 N–H and O–H groups in total. The van der Waals surface area contributed by atoms with Gasteiger partial charge in [0.05, 0.1) is 6.21 Å². The predicted octanol–water partition coefficient (Wildman–Crippen LogP) is 1.71. The van der Waals surface area contributed by atoms with Gasteiger partial charge in [-0.1, -0.05) is 0 Å². The van der Waals surface area contributed by atoms with Gasteiger partial charge < -0.3 is 10.0 Å². The number of aromatic hydroxyl groups is 1. The van der Waals surface area contributed by atoms with Crippen molar-refractivity contribution in [3.63, 3.8) is 0 Å². The maximum absolute atomic E-state index is 10.0. The predicted molar refractivity (Wildman–Crippen MR) is 74.7 cm³/mol. The quantitative estimate of drug-likeness (QED) is 0.830. The molecular weight excluding hydrogens is 242 g/mol. The van der Waals surface area contributed by atoms with Crippen molar-refractivity contribution in [1.82, 2.24) is 14.9 Å². The minimum absolute atomic E-state index is 0.209. The van der Waals surface area contributed by atoms with E-state index in [1.165, 1.54) is 17.3 Å². The van der Waals surface area contributed by atoms with Crippen LogP contribution in [0.5, 0.6) is 5.75 Å². The van der Waals surface area contributed by atoms with Crippen molar-refractivity contribution >= 4 is 11.9 Å². The summed E-state index contributed by atoms with van der Waals surface area (Å²) in [5.41, 5.74) is 1.66. The molecule has 6 heteroatoms. The Labute approximate surface area is 112 Å². The standard InChI is InChI=1S/C13H17N5O/c1-3-17(4-2)12-6-5-11(13(19)7-12)8-16-18-9-14-15-10-18/h5-10,19H,3-4H2,1-2H3/b16-8+. The Morgan fingerprint density at radius 1 is 1.26 bits per heavy atom. The zero-order chi connectivity index (χ0) is 13.7. The second-order valence-corrected chi connectivity index (χ2v) is 4.00. The van der Waals surface area contributed by atoms with Gasteiger partial charge in [0.25, 0.3) is 0 Å². The van der Waals surface area contributed by atoms with E-state index < -0.39 is 0 Å². The van der Waals surface area contributed by atoms with Gasteiger partial charge in [0.1, 0.15) is 18.4 Å². The maximum atomic E-state index is 10.0. The molecule has 0 amide bonds. The lowest BCUT2D eigenvalue weighted by molar-refractivity contribution is 0.474. The van der Waals surface area contributed by atoms with Crippen LogP contribution in [0.2, 0.25) is 0 Å². The number of phenols is 1. The molecule has 1 aromatic carbocycles. The fourth-order valence-corrected chi connectivity index (χ4v) is 1.81. The molecule has 0 aliphatic heterocycles. The molecule has 0 bridgehead atoms. The van der Waals surface area contributed by atoms with E-state index in [1.54, 1.807) is 12.3 Å². The summed E-state index contributed by atoms with van der Waals surface area (Å²) in [4.78, 5) is 2.17. The molecule has 0 spiro atoms. The van der Waals surface area contributed by atoms with E-state index in [1.807, 2.05) is 12.1 Å². The Hall–Kier alpha value is -2.37. The third kappa shape index (κ3) is 3.09. The van der Waals surface area contributed by atoms with Gasteiger partial charge in [-0.05, 0) is 26.0 Å². The molecule has 0 saturated carbocycles. The summed E-state index contributed by atoms with van der Waals surface area (Å²) in [6.07, 6.45) is 4.54. The number of benzene rings is 1. The monoisotopic (exact) mass is 259 g/mol. The highest BCUT2D eigenvalue weighted by molar-refractivity contribution is 5.84. The van der Waals surface area contributed by atoms with Crippen LogP contribution in [0.15, 0.2) is 36.0 Å². The zero-order valence-corrected chi connectivity index (χ0v) is 11.1. The normalized spacial score (nSPS) is 11.1. The fourth-order valence-electron chi connectivity index (χ4n) is 1.81. The van der Waals surface area contributed by atoms with Gasteiger partial charge in [-0.25, -0.2) is 4.68 Å². The van der Waals surface area contributed by atoms with Crippen molar-refractivity contribution in [1.29, 1.82) is 0 Å². The number of nitrogens with zero attached hydrogens (tertiary/aromatic N) is 5. The van der Waals surface area contributed by atoms with Crippen LogP contribution >= 0.6 is 0 Å². The van der Waals surface area contributed by atoms with E-state index in [0.717, 1.165) is 18.8 Å². The Morgan fingerprint density at radius 2 is 1.95 bits per heavy atom. The second-order valence-electron chi connectivity index (χ2n) is 4.00. The van der Waals surface area contributed by atoms with Crippen molar-refractivity contribution in [2.45, 2.75) is 13.8 Å². The molecule has 1 aromatic heterocycles. The van der Waals surface area contributed by atoms with Gasteiger partial charge in [-0.2, -0.15) is 5.10 Å². The molecule has 0 atom stereocenters. The minimum atomic E-state index is 0.209. The molecule has 1 heterocycles. The van der Waals surface area contributed by atoms with Gasteiger partial charge in [0, 0.05) is 30.4 Å². The minimum Gasteiger partial charge on any atom is -0.507 e. The molecule has 6 nitrogen and oxygen atoms in total. The average Bonchev–Trinajstić information content (AvgIpc) is 2.92. The molecule has 2 aromatic rings. The lowest BCUT2D eigenvalue weighted by Gasteiger charge is -2.21. The summed E-state index contributed by atoms with van der Waals surface area (Å²) >= 11 is 0. The Kier molecular flexibility index (Phi) is 4.12. The Bertz CT molecular complexity index is 546. The van der Waals surface area contributed by atoms with Gasteiger partial charge >= 0.3 is 0 Å². The first-order valence-corrected chi connectivity index (χ1v) is 6.21. The third-order valence-electron chi connectivity index (χ3n) is 2.88. The first-order chi connectivity index (χ1) is 9.24. The highest BCUT2D eigenvalue weighted by Crippen LogP contribution is 2.23. The van der Waals surface area contributed by atoms with Gasteiger partial charge in [-0.3, -0.25) is 0 Å². The lowest BCUT2D eigenvalue weighted by atomic mass is 10.2. The molecule has 0 saturated heterocycles. The summed E-state index contributed by atoms with van der Waals surface area (Å²) in [6, 6.07) is 5.57. The summed E-state index contributed by atoms with van der Waals surface area (Å²) < 4.78 is 1.47. The van der Waals surface area contributed by atoms with E-state index in [2.05, 4.69) is 34.0 Å². The molecule has 19 heavy (non-hydrogen) atoms. The highest BCUT2D eigenvalue weighted by atomic mass is 16.3. The maximum Gasteiger partial charge on any atom is 0.141 e. The number of phenolic OH excluding ortho intramolecular Hbond substituents is 1. The van der Waals surface area contributed by atoms with E-state index >= 15 is 0 Å². The van der Waals surface area contributed by atoms with Crippen molar-refractivity contribution < 1.29 is 5.11 Å². The van der Waals surface area contributed by atoms with Crippen LogP contribution < -0.4 is 4.90 Å². The van der Waals surface area contributed by atoms with Crippen LogP contribution in [0.4, 0.5) is 5.69 Å². The van der Waals surface area contributed by atoms with Crippen molar-refractivity contribution in [3.8, 4) is 5.75 Å². The van der Waals surface area contributed by atoms with Crippen LogP contribution in [0, 0.1) is 0 Å². The second kappa shape index (κ2) is 5.99. The molecule has 0 aliphatic carbocycles. The van der Waals surface area contributed by atoms with Crippen LogP contribution in [0.1, 0.15) is 19.4 Å². The van der Waals surface area contributed by atoms with Gasteiger partial charge in [0.2, 0.25) is 0 Å². The first-order valence-electron chi connectivity index (χ1n) is 6.21. The van der Waals surface area contributed by atoms with E-state index in [-0.39, 0.29) is 5.75 Å². The highest BCUT2D eigenvalue weighted by Gasteiger charge is 2.05. The Balaban J connectivity index is 2.20. The summed E-state index contributed by atoms with van der Waals surface area (Å²) in [5.74, 6) is 0.209. The lowest BCUT2D eigenvalue weighted by Crippen LogP contribution is -2.21. The molecular formula is C13H17N5O. The molecule has 2 rings (SSSR count). The van der Waals surface area contributed by atoms with Gasteiger partial charge in [-0.15, -0.1) is 10.2 Å². The van der Waals surface area contributed by atoms with Crippen molar-refractivity contribution in [2.75, 3.05) is 18.0 Å². The Morgan fingerprint density at radius 3 is 2.53 bits per heavy atom. The van der Waals surface area contributed by atoms with Crippen LogP contribution in [-0.2, 0) is 0 Å². The molecule has 0 unspecified atom stereocenters. The van der Waals surface area contributed by atoms with Crippen molar-refractivity contribution in [2.24, 2.45) is 5.10 Å². The summed E-state index contributed by atoms with van der Waals surface area (Å²) in [6.45, 7) is 5.98. The summed E-state index contributed by atoms with van der Waals surface area (Å²) in [7, 11) is 0. The summed E-state index contributed by atoms with van der Waals surface area (Å²) in [5, 5.41) is 21.4. The largest absolute Gasteiger partial charge is 0.507 e. The fraction of sp³-hybridized carbons (Fsp3) is 0.308. The van der Waals surface area contributed by atoms with Crippen LogP contribution in [0.3, 0.4) is 0 Å². The van der Waals surface area contributed by atoms with E-state index in [4.69, 9.17) is 0 Å². The number of hydrogen-bond acceptors (Lipinski definition) is 5. The van der Waals surface area contributed by atoms with Crippen LogP contribution in [-0.4, -0.2) is 39.3 Å². The third-order valence-corrected chi connectivity index (χ3v) is 2.88. The number of aromatic nitrogens is 3. The SMILES string of the molecule is CCN(CC)c1ccc(/C=N/n2cnnc2)c(O)c1. The first kappa shape index (κ1) is 13.1.